The average Bonchev–Trinajstić information content (AvgIpc) is 2.26. The molecule has 2 atom stereocenters. The lowest BCUT2D eigenvalue weighted by molar-refractivity contribution is -0.146. The largest absolute Gasteiger partial charge is 0.460 e. The fraction of sp³-hybridized carbons (Fsp3) is 0.417. The highest BCUT2D eigenvalue weighted by atomic mass is 35.5. The van der Waals surface area contributed by atoms with Gasteiger partial charge in [-0.2, -0.15) is 0 Å². The molecular weight excluding hydrogens is 240 g/mol. The van der Waals surface area contributed by atoms with Gasteiger partial charge in [0.2, 0.25) is 0 Å². The van der Waals surface area contributed by atoms with E-state index in [2.05, 4.69) is 0 Å². The van der Waals surface area contributed by atoms with Crippen LogP contribution in [0.4, 0.5) is 0 Å². The maximum Gasteiger partial charge on any atom is 0.323 e. The quantitative estimate of drug-likeness (QED) is 0.779. The second-order valence-corrected chi connectivity index (χ2v) is 3.91. The monoisotopic (exact) mass is 258 g/mol. The van der Waals surface area contributed by atoms with Crippen LogP contribution in [-0.4, -0.2) is 18.1 Å². The van der Waals surface area contributed by atoms with E-state index in [9.17, 15) is 4.79 Å². The van der Waals surface area contributed by atoms with Crippen LogP contribution >= 0.6 is 12.4 Å². The zero-order chi connectivity index (χ0) is 12.0. The van der Waals surface area contributed by atoms with E-state index in [-0.39, 0.29) is 25.1 Å². The summed E-state index contributed by atoms with van der Waals surface area (Å²) in [6.07, 6.45) is 0.438. The Labute approximate surface area is 108 Å². The highest BCUT2D eigenvalue weighted by Crippen LogP contribution is 2.03. The van der Waals surface area contributed by atoms with Crippen LogP contribution < -0.4 is 11.5 Å². The molecule has 4 nitrogen and oxygen atoms in total. The molecule has 0 bridgehead atoms. The zero-order valence-corrected chi connectivity index (χ0v) is 10.7. The Morgan fingerprint density at radius 3 is 2.41 bits per heavy atom. The van der Waals surface area contributed by atoms with Gasteiger partial charge in [-0.05, 0) is 18.9 Å². The number of carbonyl (C=O) groups excluding carboxylic acids is 1. The van der Waals surface area contributed by atoms with Gasteiger partial charge >= 0.3 is 5.97 Å². The molecule has 0 aliphatic heterocycles. The number of benzene rings is 1. The van der Waals surface area contributed by atoms with Gasteiger partial charge in [-0.15, -0.1) is 12.4 Å². The van der Waals surface area contributed by atoms with E-state index >= 15 is 0 Å². The molecule has 0 aliphatic carbocycles. The van der Waals surface area contributed by atoms with Crippen LogP contribution in [0, 0.1) is 0 Å². The Morgan fingerprint density at radius 1 is 1.29 bits per heavy atom. The molecule has 5 heteroatoms. The van der Waals surface area contributed by atoms with Crippen LogP contribution in [0.25, 0.3) is 0 Å². The van der Waals surface area contributed by atoms with Crippen molar-refractivity contribution in [2.45, 2.75) is 32.0 Å². The Bertz CT molecular complexity index is 331. The highest BCUT2D eigenvalue weighted by molar-refractivity contribution is 5.85. The van der Waals surface area contributed by atoms with Crippen molar-refractivity contribution >= 4 is 18.4 Å². The minimum absolute atomic E-state index is 0. The lowest BCUT2D eigenvalue weighted by Gasteiger charge is -2.13. The summed E-state index contributed by atoms with van der Waals surface area (Å²) in [6, 6.07) is 8.75. The zero-order valence-electron chi connectivity index (χ0n) is 9.84. The van der Waals surface area contributed by atoms with Crippen LogP contribution in [0.15, 0.2) is 30.3 Å². The SMILES string of the molecule is CC(N)CC(N)C(=O)OCc1ccccc1.Cl. The summed E-state index contributed by atoms with van der Waals surface area (Å²) in [7, 11) is 0. The van der Waals surface area contributed by atoms with Crippen molar-refractivity contribution < 1.29 is 9.53 Å². The normalized spacial score (nSPS) is 13.4. The molecule has 0 saturated carbocycles. The summed E-state index contributed by atoms with van der Waals surface area (Å²) in [6.45, 7) is 2.07. The number of nitrogens with two attached hydrogens (primary N) is 2. The maximum atomic E-state index is 11.4. The lowest BCUT2D eigenvalue weighted by atomic mass is 10.1. The van der Waals surface area contributed by atoms with Crippen LogP contribution in [0.2, 0.25) is 0 Å². The number of esters is 1. The first kappa shape index (κ1) is 15.9. The third kappa shape index (κ3) is 6.26. The van der Waals surface area contributed by atoms with Crippen molar-refractivity contribution in [2.75, 3.05) is 0 Å². The lowest BCUT2D eigenvalue weighted by Crippen LogP contribution is -2.37. The third-order valence-electron chi connectivity index (χ3n) is 2.15. The molecule has 0 aromatic heterocycles. The second kappa shape index (κ2) is 8.06. The maximum absolute atomic E-state index is 11.4. The van der Waals surface area contributed by atoms with Gasteiger partial charge in [0, 0.05) is 6.04 Å². The predicted octanol–water partition coefficient (Wildman–Crippen LogP) is 1.22. The predicted molar refractivity (Wildman–Crippen MR) is 69.7 cm³/mol. The van der Waals surface area contributed by atoms with E-state index in [1.165, 1.54) is 0 Å². The Kier molecular flexibility index (Phi) is 7.54. The Hall–Kier alpha value is -1.10. The summed E-state index contributed by atoms with van der Waals surface area (Å²) in [5.41, 5.74) is 12.1. The minimum Gasteiger partial charge on any atom is -0.460 e. The molecular formula is C12H19ClN2O2. The van der Waals surface area contributed by atoms with E-state index < -0.39 is 12.0 Å². The molecule has 0 radical (unpaired) electrons. The van der Waals surface area contributed by atoms with E-state index in [0.29, 0.717) is 6.42 Å². The first-order valence-electron chi connectivity index (χ1n) is 5.31. The summed E-state index contributed by atoms with van der Waals surface area (Å²) in [5, 5.41) is 0. The minimum atomic E-state index is -0.635. The number of rotatable bonds is 5. The smallest absolute Gasteiger partial charge is 0.323 e. The van der Waals surface area contributed by atoms with E-state index in [1.807, 2.05) is 37.3 Å². The molecule has 0 heterocycles. The Balaban J connectivity index is 0.00000256. The van der Waals surface area contributed by atoms with Gasteiger partial charge in [-0.3, -0.25) is 4.79 Å². The number of halogens is 1. The molecule has 4 N–H and O–H groups in total. The van der Waals surface area contributed by atoms with Crippen molar-refractivity contribution in [3.63, 3.8) is 0 Å². The van der Waals surface area contributed by atoms with Crippen molar-refractivity contribution in [3.05, 3.63) is 35.9 Å². The first-order valence-corrected chi connectivity index (χ1v) is 5.31. The van der Waals surface area contributed by atoms with E-state index in [4.69, 9.17) is 16.2 Å². The van der Waals surface area contributed by atoms with Gasteiger partial charge in [0.05, 0.1) is 0 Å². The van der Waals surface area contributed by atoms with Gasteiger partial charge in [0.25, 0.3) is 0 Å². The van der Waals surface area contributed by atoms with Crippen LogP contribution in [0.1, 0.15) is 18.9 Å². The van der Waals surface area contributed by atoms with Crippen molar-refractivity contribution in [3.8, 4) is 0 Å². The van der Waals surface area contributed by atoms with Crippen LogP contribution in [0.3, 0.4) is 0 Å². The molecule has 0 amide bonds. The number of hydrogen-bond acceptors (Lipinski definition) is 4. The molecule has 2 unspecified atom stereocenters. The van der Waals surface area contributed by atoms with Crippen molar-refractivity contribution in [1.29, 1.82) is 0 Å². The summed E-state index contributed by atoms with van der Waals surface area (Å²) < 4.78 is 5.07. The molecule has 1 aromatic carbocycles. The third-order valence-corrected chi connectivity index (χ3v) is 2.15. The standard InChI is InChI=1S/C12H18N2O2.ClH/c1-9(13)7-11(14)12(15)16-8-10-5-3-2-4-6-10;/h2-6,9,11H,7-8,13-14H2,1H3;1H. The number of carbonyl (C=O) groups is 1. The number of hydrogen-bond donors (Lipinski definition) is 2. The summed E-state index contributed by atoms with van der Waals surface area (Å²) in [5.74, 6) is -0.402. The van der Waals surface area contributed by atoms with Gasteiger partial charge in [-0.25, -0.2) is 0 Å². The van der Waals surface area contributed by atoms with Gasteiger partial charge < -0.3 is 16.2 Å². The van der Waals surface area contributed by atoms with Gasteiger partial charge in [0.1, 0.15) is 12.6 Å². The molecule has 0 saturated heterocycles. The second-order valence-electron chi connectivity index (χ2n) is 3.91. The molecule has 0 fully saturated rings. The van der Waals surface area contributed by atoms with Crippen LogP contribution in [-0.2, 0) is 16.1 Å². The molecule has 17 heavy (non-hydrogen) atoms. The van der Waals surface area contributed by atoms with Gasteiger partial charge in [0.15, 0.2) is 0 Å². The molecule has 96 valence electrons. The first-order chi connectivity index (χ1) is 7.59. The molecule has 1 rings (SSSR count). The Morgan fingerprint density at radius 2 is 1.88 bits per heavy atom. The fourth-order valence-corrected chi connectivity index (χ4v) is 1.33. The summed E-state index contributed by atoms with van der Waals surface area (Å²) >= 11 is 0. The van der Waals surface area contributed by atoms with E-state index in [0.717, 1.165) is 5.56 Å². The molecule has 0 aliphatic rings. The van der Waals surface area contributed by atoms with Crippen molar-refractivity contribution in [1.82, 2.24) is 0 Å². The van der Waals surface area contributed by atoms with Gasteiger partial charge in [-0.1, -0.05) is 30.3 Å². The van der Waals surface area contributed by atoms with E-state index in [1.54, 1.807) is 0 Å². The average molecular weight is 259 g/mol. The fourth-order valence-electron chi connectivity index (χ4n) is 1.33. The molecule has 1 aromatic rings. The highest BCUT2D eigenvalue weighted by Gasteiger charge is 2.16. The van der Waals surface area contributed by atoms with Crippen LogP contribution in [0.5, 0.6) is 0 Å². The van der Waals surface area contributed by atoms with Crippen molar-refractivity contribution in [2.24, 2.45) is 11.5 Å². The molecule has 0 spiro atoms. The summed E-state index contributed by atoms with van der Waals surface area (Å²) in [4.78, 5) is 11.4. The topological polar surface area (TPSA) is 78.3 Å². The number of ether oxygens (including phenoxy) is 1.